The molecule has 0 aromatic heterocycles. The monoisotopic (exact) mass is 370 g/mol. The van der Waals surface area contributed by atoms with Crippen LogP contribution in [0.4, 0.5) is 16.2 Å². The van der Waals surface area contributed by atoms with Gasteiger partial charge in [-0.25, -0.2) is 4.79 Å². The molecule has 5 N–H and O–H groups in total. The Morgan fingerprint density at radius 3 is 2.88 bits per heavy atom. The molecule has 0 bridgehead atoms. The average molecular weight is 371 g/mol. The first-order valence-electron chi connectivity index (χ1n) is 7.98. The van der Waals surface area contributed by atoms with E-state index in [1.807, 2.05) is 0 Å². The Balaban J connectivity index is 1.91. The second-order valence-electron chi connectivity index (χ2n) is 5.99. The van der Waals surface area contributed by atoms with Crippen LogP contribution in [0, 0.1) is 0 Å². The molecule has 1 atom stereocenters. The number of hydrogen-bond acceptors (Lipinski definition) is 5. The topological polar surface area (TPSA) is 112 Å². The molecule has 1 aromatic rings. The highest BCUT2D eigenvalue weighted by molar-refractivity contribution is 6.33. The molecule has 0 aliphatic carbocycles. The van der Waals surface area contributed by atoms with Crippen molar-refractivity contribution in [3.05, 3.63) is 23.2 Å². The Labute approximate surface area is 151 Å². The summed E-state index contributed by atoms with van der Waals surface area (Å²) in [5, 5.41) is 21.7. The minimum absolute atomic E-state index is 0.0709. The number of rotatable bonds is 6. The van der Waals surface area contributed by atoms with Gasteiger partial charge in [-0.2, -0.15) is 0 Å². The van der Waals surface area contributed by atoms with Crippen LogP contribution in [-0.4, -0.2) is 56.0 Å². The maximum absolute atomic E-state index is 12.1. The molecule has 1 aliphatic rings. The summed E-state index contributed by atoms with van der Waals surface area (Å²) in [6, 6.07) is 4.25. The van der Waals surface area contributed by atoms with Crippen molar-refractivity contribution in [2.24, 2.45) is 0 Å². The highest BCUT2D eigenvalue weighted by Crippen LogP contribution is 2.25. The number of amides is 3. The van der Waals surface area contributed by atoms with Gasteiger partial charge in [0.25, 0.3) is 0 Å². The van der Waals surface area contributed by atoms with Gasteiger partial charge in [0.05, 0.1) is 16.3 Å². The number of nitrogens with one attached hydrogen (secondary N) is 4. The van der Waals surface area contributed by atoms with Crippen molar-refractivity contribution in [3.8, 4) is 0 Å². The lowest BCUT2D eigenvalue weighted by Gasteiger charge is -2.32. The molecule has 1 saturated heterocycles. The molecule has 3 amide bonds. The zero-order valence-electron chi connectivity index (χ0n) is 14.0. The predicted molar refractivity (Wildman–Crippen MR) is 96.0 cm³/mol. The summed E-state index contributed by atoms with van der Waals surface area (Å²) >= 11 is 6.07. The zero-order valence-corrected chi connectivity index (χ0v) is 14.8. The molecule has 1 aromatic carbocycles. The van der Waals surface area contributed by atoms with Gasteiger partial charge in [0, 0.05) is 25.9 Å². The molecule has 1 heterocycles. The first-order chi connectivity index (χ1) is 11.9. The predicted octanol–water partition coefficient (Wildman–Crippen LogP) is 1.16. The van der Waals surface area contributed by atoms with E-state index in [1.54, 1.807) is 18.2 Å². The van der Waals surface area contributed by atoms with E-state index in [9.17, 15) is 14.7 Å². The molecule has 2 rings (SSSR count). The Morgan fingerprint density at radius 1 is 1.40 bits per heavy atom. The number of hydrogen-bond donors (Lipinski definition) is 5. The van der Waals surface area contributed by atoms with Gasteiger partial charge >= 0.3 is 6.03 Å². The lowest BCUT2D eigenvalue weighted by Crippen LogP contribution is -2.53. The van der Waals surface area contributed by atoms with Crippen molar-refractivity contribution in [3.63, 3.8) is 0 Å². The van der Waals surface area contributed by atoms with Crippen molar-refractivity contribution < 1.29 is 19.4 Å². The van der Waals surface area contributed by atoms with Gasteiger partial charge in [0.1, 0.15) is 6.61 Å². The number of carbonyl (C=O) groups is 2. The quantitative estimate of drug-likeness (QED) is 0.516. The first kappa shape index (κ1) is 19.5. The maximum atomic E-state index is 12.1. The maximum Gasteiger partial charge on any atom is 0.319 e. The van der Waals surface area contributed by atoms with Gasteiger partial charge in [0.15, 0.2) is 0 Å². The van der Waals surface area contributed by atoms with E-state index < -0.39 is 11.6 Å². The van der Waals surface area contributed by atoms with Gasteiger partial charge in [-0.3, -0.25) is 4.79 Å². The number of anilines is 2. The second kappa shape index (κ2) is 9.00. The molecule has 138 valence electrons. The molecular weight excluding hydrogens is 348 g/mol. The number of β-amino-alcohol motifs (C(OH)–C–C–N with tert-alkyl or cyclic N) is 1. The number of benzene rings is 1. The molecule has 1 fully saturated rings. The van der Waals surface area contributed by atoms with Crippen LogP contribution in [0.25, 0.3) is 0 Å². The van der Waals surface area contributed by atoms with Crippen LogP contribution in [-0.2, 0) is 9.53 Å². The lowest BCUT2D eigenvalue weighted by atomic mass is 9.94. The van der Waals surface area contributed by atoms with Gasteiger partial charge in [-0.05, 0) is 37.6 Å². The summed E-state index contributed by atoms with van der Waals surface area (Å²) in [4.78, 5) is 23.6. The van der Waals surface area contributed by atoms with Crippen LogP contribution in [0.2, 0.25) is 5.02 Å². The molecule has 0 saturated carbocycles. The molecule has 0 spiro atoms. The minimum atomic E-state index is -0.949. The zero-order chi connectivity index (χ0) is 18.3. The van der Waals surface area contributed by atoms with E-state index in [0.29, 0.717) is 29.4 Å². The van der Waals surface area contributed by atoms with E-state index in [4.69, 9.17) is 16.3 Å². The molecule has 25 heavy (non-hydrogen) atoms. The Bertz CT molecular complexity index is 620. The third-order valence-electron chi connectivity index (χ3n) is 3.80. The smallest absolute Gasteiger partial charge is 0.319 e. The third kappa shape index (κ3) is 6.17. The van der Waals surface area contributed by atoms with E-state index in [-0.39, 0.29) is 19.1 Å². The summed E-state index contributed by atoms with van der Waals surface area (Å²) in [6.45, 7) is 1.37. The molecule has 1 aliphatic heterocycles. The van der Waals surface area contributed by atoms with E-state index in [1.165, 1.54) is 7.11 Å². The molecular formula is C16H23ClN4O4. The summed E-state index contributed by atoms with van der Waals surface area (Å²) < 4.78 is 4.75. The number of methoxy groups -OCH3 is 1. The van der Waals surface area contributed by atoms with Crippen LogP contribution < -0.4 is 21.3 Å². The highest BCUT2D eigenvalue weighted by Gasteiger charge is 2.29. The van der Waals surface area contributed by atoms with Crippen LogP contribution >= 0.6 is 11.6 Å². The Hall–Kier alpha value is -1.87. The van der Waals surface area contributed by atoms with E-state index >= 15 is 0 Å². The van der Waals surface area contributed by atoms with Crippen molar-refractivity contribution in [2.75, 3.05) is 44.0 Å². The van der Waals surface area contributed by atoms with Crippen LogP contribution in [0.5, 0.6) is 0 Å². The fourth-order valence-electron chi connectivity index (χ4n) is 2.54. The van der Waals surface area contributed by atoms with E-state index in [0.717, 1.165) is 13.0 Å². The molecule has 8 nitrogen and oxygen atoms in total. The van der Waals surface area contributed by atoms with Crippen molar-refractivity contribution in [1.82, 2.24) is 10.6 Å². The highest BCUT2D eigenvalue weighted by atomic mass is 35.5. The van der Waals surface area contributed by atoms with E-state index in [2.05, 4.69) is 21.3 Å². The van der Waals surface area contributed by atoms with Crippen LogP contribution in [0.15, 0.2) is 18.2 Å². The van der Waals surface area contributed by atoms with Crippen molar-refractivity contribution in [1.29, 1.82) is 0 Å². The fraction of sp³-hybridized carbons (Fsp3) is 0.500. The van der Waals surface area contributed by atoms with Gasteiger partial charge in [-0.1, -0.05) is 11.6 Å². The van der Waals surface area contributed by atoms with Crippen LogP contribution in [0.3, 0.4) is 0 Å². The summed E-state index contributed by atoms with van der Waals surface area (Å²) in [6.07, 6.45) is 1.48. The minimum Gasteiger partial charge on any atom is -0.387 e. The van der Waals surface area contributed by atoms with Crippen molar-refractivity contribution in [2.45, 2.75) is 18.4 Å². The largest absolute Gasteiger partial charge is 0.387 e. The standard InChI is InChI=1S/C16H23ClN4O4/c1-25-8-14(22)20-11-3-4-12(17)13(7-11)21-15(23)19-10-16(24)5-2-6-18-9-16/h3-4,7,18,24H,2,5-6,8-10H2,1H3,(H,20,22)(H2,19,21,23)/t16-/m1/s1. The number of halogens is 1. The summed E-state index contributed by atoms with van der Waals surface area (Å²) in [5.74, 6) is -0.313. The summed E-state index contributed by atoms with van der Waals surface area (Å²) in [5.41, 5.74) is -0.116. The lowest BCUT2D eigenvalue weighted by molar-refractivity contribution is -0.119. The molecule has 0 unspecified atom stereocenters. The normalized spacial score (nSPS) is 20.0. The van der Waals surface area contributed by atoms with Gasteiger partial charge < -0.3 is 31.1 Å². The Kier molecular flexibility index (Phi) is 7.01. The Morgan fingerprint density at radius 2 is 2.20 bits per heavy atom. The third-order valence-corrected chi connectivity index (χ3v) is 4.13. The van der Waals surface area contributed by atoms with Crippen molar-refractivity contribution >= 4 is 34.9 Å². The molecule has 9 heteroatoms. The molecule has 0 radical (unpaired) electrons. The summed E-state index contributed by atoms with van der Waals surface area (Å²) in [7, 11) is 1.43. The number of aliphatic hydroxyl groups is 1. The number of urea groups is 1. The van der Waals surface area contributed by atoms with Gasteiger partial charge in [0.2, 0.25) is 5.91 Å². The van der Waals surface area contributed by atoms with Crippen LogP contribution in [0.1, 0.15) is 12.8 Å². The second-order valence-corrected chi connectivity index (χ2v) is 6.40. The number of carbonyl (C=O) groups excluding carboxylic acids is 2. The number of ether oxygens (including phenoxy) is 1. The fourth-order valence-corrected chi connectivity index (χ4v) is 2.71. The number of piperidine rings is 1. The van der Waals surface area contributed by atoms with Gasteiger partial charge in [-0.15, -0.1) is 0 Å². The average Bonchev–Trinajstić information content (AvgIpc) is 2.57. The SMILES string of the molecule is COCC(=O)Nc1ccc(Cl)c(NC(=O)NC[C@@]2(O)CCCNC2)c1. The first-order valence-corrected chi connectivity index (χ1v) is 8.36.